The van der Waals surface area contributed by atoms with Crippen LogP contribution in [0.2, 0.25) is 0 Å². The van der Waals surface area contributed by atoms with Crippen molar-refractivity contribution in [2.45, 2.75) is 39.5 Å². The molecule has 6 heteroatoms. The molecule has 0 atom stereocenters. The van der Waals surface area contributed by atoms with Crippen molar-refractivity contribution >= 4 is 50.2 Å². The van der Waals surface area contributed by atoms with Gasteiger partial charge in [0.15, 0.2) is 0 Å². The minimum atomic E-state index is -0.884. The number of hydrogen-bond donors (Lipinski definition) is 1. The van der Waals surface area contributed by atoms with Gasteiger partial charge in [-0.15, -0.1) is 0 Å². The molecular formula is C33H28O6. The summed E-state index contributed by atoms with van der Waals surface area (Å²) >= 11 is 0. The van der Waals surface area contributed by atoms with Gasteiger partial charge in [0.25, 0.3) is 0 Å². The molecule has 6 rings (SSSR count). The molecule has 0 saturated carbocycles. The fourth-order valence-corrected chi connectivity index (χ4v) is 5.27. The molecular weight excluding hydrogens is 492 g/mol. The highest BCUT2D eigenvalue weighted by atomic mass is 16.5. The molecule has 0 bridgehead atoms. The van der Waals surface area contributed by atoms with Crippen molar-refractivity contribution in [1.82, 2.24) is 0 Å². The van der Waals surface area contributed by atoms with Crippen LogP contribution in [-0.2, 0) is 22.4 Å². The third-order valence-corrected chi connectivity index (χ3v) is 6.92. The number of ether oxygens (including phenoxy) is 2. The van der Waals surface area contributed by atoms with Crippen molar-refractivity contribution in [2.24, 2.45) is 0 Å². The van der Waals surface area contributed by atoms with Crippen molar-refractivity contribution in [2.75, 3.05) is 0 Å². The van der Waals surface area contributed by atoms with Gasteiger partial charge in [-0.2, -0.15) is 0 Å². The van der Waals surface area contributed by atoms with Gasteiger partial charge in [0, 0.05) is 13.8 Å². The van der Waals surface area contributed by atoms with Crippen molar-refractivity contribution in [1.29, 1.82) is 0 Å². The molecule has 196 valence electrons. The summed E-state index contributed by atoms with van der Waals surface area (Å²) in [6.07, 6.45) is 4.49. The summed E-state index contributed by atoms with van der Waals surface area (Å²) in [6.45, 7) is 2.74. The summed E-state index contributed by atoms with van der Waals surface area (Å²) in [4.78, 5) is 33.8. The van der Waals surface area contributed by atoms with E-state index in [2.05, 4.69) is 12.1 Å². The molecule has 0 saturated heterocycles. The first-order valence-corrected chi connectivity index (χ1v) is 12.9. The molecule has 5 aromatic rings. The predicted molar refractivity (Wildman–Crippen MR) is 152 cm³/mol. The molecule has 5 aromatic carbocycles. The van der Waals surface area contributed by atoms with Gasteiger partial charge in [-0.05, 0) is 88.0 Å². The molecule has 0 aromatic heterocycles. The van der Waals surface area contributed by atoms with E-state index in [1.807, 2.05) is 48.5 Å². The normalized spacial score (nSPS) is 12.4. The summed E-state index contributed by atoms with van der Waals surface area (Å²) in [5, 5.41) is 14.5. The van der Waals surface area contributed by atoms with Crippen LogP contribution >= 0.6 is 0 Å². The number of carboxylic acids is 1. The number of hydrogen-bond acceptors (Lipinski definition) is 5. The summed E-state index contributed by atoms with van der Waals surface area (Å²) < 4.78 is 10.9. The summed E-state index contributed by atoms with van der Waals surface area (Å²) in [6, 6.07) is 24.6. The minimum absolute atomic E-state index is 0.332. The number of benzene rings is 5. The number of aryl methyl sites for hydroxylation is 2. The lowest BCUT2D eigenvalue weighted by atomic mass is 9.86. The fourth-order valence-electron chi connectivity index (χ4n) is 5.27. The van der Waals surface area contributed by atoms with Crippen molar-refractivity contribution < 1.29 is 29.0 Å². The van der Waals surface area contributed by atoms with Crippen LogP contribution in [0.15, 0.2) is 78.9 Å². The first-order chi connectivity index (χ1) is 18.8. The highest BCUT2D eigenvalue weighted by Gasteiger charge is 2.19. The highest BCUT2D eigenvalue weighted by Crippen LogP contribution is 2.42. The number of esters is 2. The Bertz CT molecular complexity index is 1750. The Labute approximate surface area is 225 Å². The molecule has 39 heavy (non-hydrogen) atoms. The van der Waals surface area contributed by atoms with Crippen molar-refractivity contribution in [3.63, 3.8) is 0 Å². The highest BCUT2D eigenvalue weighted by molar-refractivity contribution is 6.14. The Balaban J connectivity index is 0.000000198. The van der Waals surface area contributed by atoms with E-state index < -0.39 is 17.9 Å². The second-order valence-electron chi connectivity index (χ2n) is 9.61. The third-order valence-electron chi connectivity index (χ3n) is 6.92. The van der Waals surface area contributed by atoms with Gasteiger partial charge >= 0.3 is 17.9 Å². The zero-order valence-corrected chi connectivity index (χ0v) is 21.8. The molecule has 1 aliphatic rings. The van der Waals surface area contributed by atoms with Gasteiger partial charge < -0.3 is 14.6 Å². The van der Waals surface area contributed by atoms with E-state index in [9.17, 15) is 14.4 Å². The lowest BCUT2D eigenvalue weighted by molar-refractivity contribution is -0.132. The van der Waals surface area contributed by atoms with E-state index in [0.29, 0.717) is 22.4 Å². The fraction of sp³-hybridized carbons (Fsp3) is 0.182. The standard InChI is InChI=1S/C22H20O4.C11H8O2/c1-13(23)25-20-9-5-8-18-17-11-10-15-6-3-4-7-16(15)19(17)12-21(22(18)20)26-14(2)24;12-11(13)10-6-5-8-3-1-2-4-9(8)7-10/h5,8-12H,3-4,6-7H2,1-2H3;1-7H,(H,12,13). The second-order valence-corrected chi connectivity index (χ2v) is 9.61. The quantitative estimate of drug-likeness (QED) is 0.153. The largest absolute Gasteiger partial charge is 0.478 e. The van der Waals surface area contributed by atoms with Crippen LogP contribution in [0.3, 0.4) is 0 Å². The predicted octanol–water partition coefficient (Wildman–Crippen LogP) is 7.26. The van der Waals surface area contributed by atoms with Crippen LogP contribution in [0.4, 0.5) is 0 Å². The lowest BCUT2D eigenvalue weighted by Gasteiger charge is -2.20. The Morgan fingerprint density at radius 2 is 1.38 bits per heavy atom. The van der Waals surface area contributed by atoms with Crippen molar-refractivity contribution in [3.8, 4) is 11.5 Å². The van der Waals surface area contributed by atoms with E-state index in [4.69, 9.17) is 14.6 Å². The van der Waals surface area contributed by atoms with Crippen LogP contribution in [0, 0.1) is 0 Å². The Morgan fingerprint density at radius 1 is 0.667 bits per heavy atom. The maximum absolute atomic E-state index is 11.7. The van der Waals surface area contributed by atoms with Crippen LogP contribution in [-0.4, -0.2) is 23.0 Å². The minimum Gasteiger partial charge on any atom is -0.478 e. The zero-order valence-electron chi connectivity index (χ0n) is 21.8. The molecule has 1 aliphatic carbocycles. The van der Waals surface area contributed by atoms with Gasteiger partial charge in [-0.25, -0.2) is 4.79 Å². The van der Waals surface area contributed by atoms with E-state index in [-0.39, 0.29) is 0 Å². The van der Waals surface area contributed by atoms with E-state index >= 15 is 0 Å². The third kappa shape index (κ3) is 5.46. The van der Waals surface area contributed by atoms with Crippen LogP contribution in [0.5, 0.6) is 11.5 Å². The topological polar surface area (TPSA) is 89.9 Å². The van der Waals surface area contributed by atoms with Gasteiger partial charge in [0.2, 0.25) is 0 Å². The molecule has 0 amide bonds. The SMILES string of the molecule is CC(=O)Oc1cccc2c1c(OC(C)=O)cc1c3c(ccc12)CCCC3.O=C(O)c1ccc2ccccc2c1. The van der Waals surface area contributed by atoms with Crippen molar-refractivity contribution in [3.05, 3.63) is 95.6 Å². The monoisotopic (exact) mass is 520 g/mol. The number of aromatic carboxylic acids is 1. The smallest absolute Gasteiger partial charge is 0.335 e. The molecule has 0 radical (unpaired) electrons. The summed E-state index contributed by atoms with van der Waals surface area (Å²) in [5.74, 6) is -0.836. The second kappa shape index (κ2) is 11.0. The average molecular weight is 521 g/mol. The summed E-state index contributed by atoms with van der Waals surface area (Å²) in [5.41, 5.74) is 3.04. The molecule has 6 nitrogen and oxygen atoms in total. The lowest BCUT2D eigenvalue weighted by Crippen LogP contribution is -2.07. The number of rotatable bonds is 3. The number of carbonyl (C=O) groups excluding carboxylic acids is 2. The first kappa shape index (κ1) is 25.9. The number of carbonyl (C=O) groups is 3. The van der Waals surface area contributed by atoms with Crippen LogP contribution in [0.1, 0.15) is 48.2 Å². The number of carboxylic acid groups (broad SMARTS) is 1. The Morgan fingerprint density at radius 3 is 2.13 bits per heavy atom. The van der Waals surface area contributed by atoms with E-state index in [0.717, 1.165) is 39.8 Å². The van der Waals surface area contributed by atoms with E-state index in [1.54, 1.807) is 18.2 Å². The van der Waals surface area contributed by atoms with Gasteiger partial charge in [0.05, 0.1) is 10.9 Å². The maximum Gasteiger partial charge on any atom is 0.335 e. The Hall–Kier alpha value is -4.71. The van der Waals surface area contributed by atoms with Gasteiger partial charge in [0.1, 0.15) is 11.5 Å². The molecule has 1 N–H and O–H groups in total. The molecule has 0 aliphatic heterocycles. The molecule has 0 unspecified atom stereocenters. The van der Waals surface area contributed by atoms with Gasteiger partial charge in [-0.3, -0.25) is 9.59 Å². The Kier molecular flexibility index (Phi) is 7.28. The molecule has 0 heterocycles. The first-order valence-electron chi connectivity index (χ1n) is 12.9. The zero-order chi connectivity index (χ0) is 27.5. The molecule has 0 fully saturated rings. The van der Waals surface area contributed by atoms with Gasteiger partial charge in [-0.1, -0.05) is 54.6 Å². The van der Waals surface area contributed by atoms with Crippen LogP contribution in [0.25, 0.3) is 32.3 Å². The van der Waals surface area contributed by atoms with Crippen LogP contribution < -0.4 is 9.47 Å². The summed E-state index contributed by atoms with van der Waals surface area (Å²) in [7, 11) is 0. The molecule has 0 spiro atoms. The average Bonchev–Trinajstić information content (AvgIpc) is 2.92. The van der Waals surface area contributed by atoms with E-state index in [1.165, 1.54) is 37.8 Å². The maximum atomic E-state index is 11.7. The number of fused-ring (bicyclic) bond motifs is 6.